The standard InChI is InChI=1S/C9H6ClNO/c10-8-2-4-9(5-3-8)12-7-1-6-11/h1-5,7H. The molecule has 1 aromatic rings. The van der Waals surface area contributed by atoms with Crippen molar-refractivity contribution >= 4 is 11.6 Å². The highest BCUT2D eigenvalue weighted by atomic mass is 35.5. The Labute approximate surface area is 75.6 Å². The molecule has 0 unspecified atom stereocenters. The van der Waals surface area contributed by atoms with Gasteiger partial charge >= 0.3 is 0 Å². The molecule has 0 aliphatic rings. The second-order valence-corrected chi connectivity index (χ2v) is 2.44. The highest BCUT2D eigenvalue weighted by Gasteiger charge is 1.89. The third-order valence-electron chi connectivity index (χ3n) is 1.16. The van der Waals surface area contributed by atoms with E-state index in [1.54, 1.807) is 24.3 Å². The molecule has 0 saturated heterocycles. The Morgan fingerprint density at radius 2 is 2.00 bits per heavy atom. The minimum atomic E-state index is 0.658. The first-order valence-corrected chi connectivity index (χ1v) is 3.67. The van der Waals surface area contributed by atoms with Gasteiger partial charge in [0.15, 0.2) is 0 Å². The lowest BCUT2D eigenvalue weighted by atomic mass is 10.3. The number of nitriles is 1. The summed E-state index contributed by atoms with van der Waals surface area (Å²) >= 11 is 5.65. The second kappa shape index (κ2) is 4.42. The molecule has 0 aliphatic heterocycles. The molecule has 0 fully saturated rings. The van der Waals surface area contributed by atoms with Crippen molar-refractivity contribution in [2.24, 2.45) is 0 Å². The predicted molar refractivity (Wildman–Crippen MR) is 46.8 cm³/mol. The number of ether oxygens (including phenoxy) is 1. The third-order valence-corrected chi connectivity index (χ3v) is 1.41. The van der Waals surface area contributed by atoms with Crippen molar-refractivity contribution in [2.75, 3.05) is 0 Å². The van der Waals surface area contributed by atoms with Crippen molar-refractivity contribution in [2.45, 2.75) is 0 Å². The van der Waals surface area contributed by atoms with Crippen molar-refractivity contribution in [1.29, 1.82) is 5.26 Å². The van der Waals surface area contributed by atoms with Crippen LogP contribution in [-0.4, -0.2) is 0 Å². The fourth-order valence-electron chi connectivity index (χ4n) is 0.656. The number of hydrogen-bond acceptors (Lipinski definition) is 2. The molecule has 0 spiro atoms. The van der Waals surface area contributed by atoms with E-state index in [0.717, 1.165) is 0 Å². The Kier molecular flexibility index (Phi) is 3.18. The quantitative estimate of drug-likeness (QED) is 0.517. The molecular weight excluding hydrogens is 174 g/mol. The van der Waals surface area contributed by atoms with E-state index in [2.05, 4.69) is 0 Å². The molecule has 12 heavy (non-hydrogen) atoms. The van der Waals surface area contributed by atoms with E-state index in [1.165, 1.54) is 12.3 Å². The smallest absolute Gasteiger partial charge is 0.126 e. The second-order valence-electron chi connectivity index (χ2n) is 2.00. The number of nitrogens with zero attached hydrogens (tertiary/aromatic N) is 1. The summed E-state index contributed by atoms with van der Waals surface area (Å²) in [6.07, 6.45) is 2.58. The number of benzene rings is 1. The zero-order valence-corrected chi connectivity index (χ0v) is 6.95. The van der Waals surface area contributed by atoms with Crippen LogP contribution in [0.1, 0.15) is 0 Å². The van der Waals surface area contributed by atoms with E-state index in [-0.39, 0.29) is 0 Å². The van der Waals surface area contributed by atoms with Gasteiger partial charge in [-0.3, -0.25) is 0 Å². The molecule has 3 heteroatoms. The van der Waals surface area contributed by atoms with Gasteiger partial charge in [0.1, 0.15) is 12.0 Å². The zero-order chi connectivity index (χ0) is 8.81. The fourth-order valence-corrected chi connectivity index (χ4v) is 0.782. The number of rotatable bonds is 2. The molecular formula is C9H6ClNO. The minimum absolute atomic E-state index is 0.658. The maximum absolute atomic E-state index is 8.15. The average Bonchev–Trinajstić information content (AvgIpc) is 2.09. The molecule has 60 valence electrons. The van der Waals surface area contributed by atoms with Crippen LogP contribution < -0.4 is 4.74 Å². The van der Waals surface area contributed by atoms with Gasteiger partial charge in [-0.05, 0) is 24.3 Å². The van der Waals surface area contributed by atoms with Crippen LogP contribution in [0.25, 0.3) is 0 Å². The Hall–Kier alpha value is -1.46. The lowest BCUT2D eigenvalue weighted by Gasteiger charge is -1.97. The number of halogens is 1. The van der Waals surface area contributed by atoms with Gasteiger partial charge < -0.3 is 4.74 Å². The molecule has 1 aromatic carbocycles. The normalized spacial score (nSPS) is 9.67. The van der Waals surface area contributed by atoms with Crippen molar-refractivity contribution in [3.05, 3.63) is 41.6 Å². The molecule has 0 radical (unpaired) electrons. The SMILES string of the molecule is N#CC=COc1ccc(Cl)cc1. The van der Waals surface area contributed by atoms with Gasteiger partial charge in [-0.2, -0.15) is 5.26 Å². The maximum Gasteiger partial charge on any atom is 0.126 e. The monoisotopic (exact) mass is 179 g/mol. The minimum Gasteiger partial charge on any atom is -0.464 e. The van der Waals surface area contributed by atoms with Crippen LogP contribution in [0.3, 0.4) is 0 Å². The Bertz CT molecular complexity index is 310. The van der Waals surface area contributed by atoms with Gasteiger partial charge in [-0.25, -0.2) is 0 Å². The Morgan fingerprint density at radius 3 is 2.58 bits per heavy atom. The first-order chi connectivity index (χ1) is 5.83. The van der Waals surface area contributed by atoms with Crippen LogP contribution in [0.5, 0.6) is 5.75 Å². The molecule has 0 heterocycles. The van der Waals surface area contributed by atoms with Crippen LogP contribution >= 0.6 is 11.6 Å². The van der Waals surface area contributed by atoms with E-state index in [9.17, 15) is 0 Å². The summed E-state index contributed by atoms with van der Waals surface area (Å²) in [5.41, 5.74) is 0. The Balaban J connectivity index is 2.60. The van der Waals surface area contributed by atoms with Crippen molar-refractivity contribution < 1.29 is 4.74 Å². The largest absolute Gasteiger partial charge is 0.464 e. The molecule has 0 N–H and O–H groups in total. The van der Waals surface area contributed by atoms with E-state index in [0.29, 0.717) is 10.8 Å². The summed E-state index contributed by atoms with van der Waals surface area (Å²) in [6.45, 7) is 0. The van der Waals surface area contributed by atoms with Gasteiger partial charge in [-0.1, -0.05) is 11.6 Å². The zero-order valence-electron chi connectivity index (χ0n) is 6.20. The molecule has 0 atom stereocenters. The number of hydrogen-bond donors (Lipinski definition) is 0. The van der Waals surface area contributed by atoms with Gasteiger partial charge in [0.05, 0.1) is 12.1 Å². The summed E-state index contributed by atoms with van der Waals surface area (Å²) in [7, 11) is 0. The number of allylic oxidation sites excluding steroid dienone is 1. The van der Waals surface area contributed by atoms with Gasteiger partial charge in [0, 0.05) is 5.02 Å². The van der Waals surface area contributed by atoms with Gasteiger partial charge in [0.25, 0.3) is 0 Å². The van der Waals surface area contributed by atoms with Crippen molar-refractivity contribution in [3.8, 4) is 11.8 Å². The molecule has 0 aliphatic carbocycles. The van der Waals surface area contributed by atoms with Crippen LogP contribution in [0.2, 0.25) is 5.02 Å². The van der Waals surface area contributed by atoms with Crippen LogP contribution in [0.4, 0.5) is 0 Å². The molecule has 1 rings (SSSR count). The van der Waals surface area contributed by atoms with Crippen molar-refractivity contribution in [3.63, 3.8) is 0 Å². The lowest BCUT2D eigenvalue weighted by molar-refractivity contribution is 0.481. The molecule has 0 aromatic heterocycles. The highest BCUT2D eigenvalue weighted by molar-refractivity contribution is 6.30. The lowest BCUT2D eigenvalue weighted by Crippen LogP contribution is -1.79. The topological polar surface area (TPSA) is 33.0 Å². The van der Waals surface area contributed by atoms with Crippen LogP contribution in [0.15, 0.2) is 36.6 Å². The maximum atomic E-state index is 8.15. The van der Waals surface area contributed by atoms with E-state index in [1.807, 2.05) is 6.07 Å². The fraction of sp³-hybridized carbons (Fsp3) is 0. The molecule has 0 amide bonds. The van der Waals surface area contributed by atoms with E-state index in [4.69, 9.17) is 21.6 Å². The summed E-state index contributed by atoms with van der Waals surface area (Å²) in [6, 6.07) is 8.71. The first kappa shape index (κ1) is 8.63. The predicted octanol–water partition coefficient (Wildman–Crippen LogP) is 2.76. The summed E-state index contributed by atoms with van der Waals surface area (Å²) in [5, 5.41) is 8.81. The molecule has 0 bridgehead atoms. The van der Waals surface area contributed by atoms with Crippen molar-refractivity contribution in [1.82, 2.24) is 0 Å². The Morgan fingerprint density at radius 1 is 1.33 bits per heavy atom. The summed E-state index contributed by atoms with van der Waals surface area (Å²) in [4.78, 5) is 0. The van der Waals surface area contributed by atoms with Gasteiger partial charge in [0.2, 0.25) is 0 Å². The van der Waals surface area contributed by atoms with E-state index < -0.39 is 0 Å². The van der Waals surface area contributed by atoms with Crippen LogP contribution in [0, 0.1) is 11.3 Å². The summed E-state index contributed by atoms with van der Waals surface area (Å²) in [5.74, 6) is 0.658. The average molecular weight is 180 g/mol. The highest BCUT2D eigenvalue weighted by Crippen LogP contribution is 2.15. The molecule has 0 saturated carbocycles. The van der Waals surface area contributed by atoms with Gasteiger partial charge in [-0.15, -0.1) is 0 Å². The van der Waals surface area contributed by atoms with Crippen LogP contribution in [-0.2, 0) is 0 Å². The molecule has 2 nitrogen and oxygen atoms in total. The van der Waals surface area contributed by atoms with E-state index >= 15 is 0 Å². The third kappa shape index (κ3) is 2.65. The first-order valence-electron chi connectivity index (χ1n) is 3.30. The summed E-state index contributed by atoms with van der Waals surface area (Å²) < 4.78 is 5.04.